The first-order valence-corrected chi connectivity index (χ1v) is 7.67. The molecule has 0 aliphatic rings. The van der Waals surface area contributed by atoms with Crippen LogP contribution in [0, 0.1) is 0 Å². The molecule has 5 heteroatoms. The number of nitrogens with one attached hydrogen (secondary N) is 1. The molecule has 3 N–H and O–H groups in total. The highest BCUT2D eigenvalue weighted by molar-refractivity contribution is 5.92. The van der Waals surface area contributed by atoms with Gasteiger partial charge < -0.3 is 15.6 Å². The van der Waals surface area contributed by atoms with Crippen LogP contribution in [0.5, 0.6) is 0 Å². The van der Waals surface area contributed by atoms with Crippen molar-refractivity contribution in [2.75, 3.05) is 11.9 Å². The van der Waals surface area contributed by atoms with Crippen molar-refractivity contribution in [2.45, 2.75) is 12.8 Å². The molecule has 3 rings (SSSR count). The lowest BCUT2D eigenvalue weighted by Crippen LogP contribution is -2.16. The van der Waals surface area contributed by atoms with Crippen LogP contribution in [0.1, 0.15) is 11.4 Å². The zero-order valence-corrected chi connectivity index (χ0v) is 13.1. The molecular formula is C18H20N4O. The number of aryl methyl sites for hydroxylation is 1. The topological polar surface area (TPSA) is 72.9 Å². The number of fused-ring (bicyclic) bond motifs is 1. The predicted molar refractivity (Wildman–Crippen MR) is 92.2 cm³/mol. The number of rotatable bonds is 5. The number of anilines is 1. The average Bonchev–Trinajstić information content (AvgIpc) is 2.86. The minimum Gasteiger partial charge on any atom is -0.331 e. The molecule has 0 saturated heterocycles. The van der Waals surface area contributed by atoms with E-state index in [0.717, 1.165) is 34.5 Å². The maximum Gasteiger partial charge on any atom is 0.231 e. The maximum atomic E-state index is 12.2. The molecule has 0 radical (unpaired) electrons. The summed E-state index contributed by atoms with van der Waals surface area (Å²) in [4.78, 5) is 16.9. The lowest BCUT2D eigenvalue weighted by atomic mass is 10.1. The van der Waals surface area contributed by atoms with Crippen LogP contribution in [-0.2, 0) is 24.7 Å². The third kappa shape index (κ3) is 3.24. The van der Waals surface area contributed by atoms with E-state index in [-0.39, 0.29) is 12.3 Å². The number of hydrogen-bond donors (Lipinski definition) is 2. The van der Waals surface area contributed by atoms with Gasteiger partial charge in [-0.25, -0.2) is 4.98 Å². The van der Waals surface area contributed by atoms with Crippen LogP contribution < -0.4 is 11.1 Å². The van der Waals surface area contributed by atoms with Crippen LogP contribution >= 0.6 is 0 Å². The standard InChI is InChI=1S/C18H20N4O/c1-22-15-9-5-6-13(10-11-19)18(15)21-16(22)12-17(23)20-14-7-3-2-4-8-14/h2-9H,10-12,19H2,1H3,(H,20,23). The van der Waals surface area contributed by atoms with Gasteiger partial charge in [-0.2, -0.15) is 0 Å². The van der Waals surface area contributed by atoms with Gasteiger partial charge in [0.1, 0.15) is 5.82 Å². The van der Waals surface area contributed by atoms with E-state index in [9.17, 15) is 4.79 Å². The Hall–Kier alpha value is -2.66. The Labute approximate surface area is 135 Å². The largest absolute Gasteiger partial charge is 0.331 e. The number of imidazole rings is 1. The van der Waals surface area contributed by atoms with Gasteiger partial charge in [-0.1, -0.05) is 30.3 Å². The SMILES string of the molecule is Cn1c(CC(=O)Nc2ccccc2)nc2c(CCN)cccc21. The van der Waals surface area contributed by atoms with E-state index in [1.54, 1.807) is 0 Å². The molecule has 0 bridgehead atoms. The first-order valence-electron chi connectivity index (χ1n) is 7.67. The Morgan fingerprint density at radius 1 is 1.17 bits per heavy atom. The zero-order chi connectivity index (χ0) is 16.2. The van der Waals surface area contributed by atoms with Gasteiger partial charge in [-0.3, -0.25) is 4.79 Å². The number of hydrogen-bond acceptors (Lipinski definition) is 3. The first-order chi connectivity index (χ1) is 11.2. The summed E-state index contributed by atoms with van der Waals surface area (Å²) in [7, 11) is 1.94. The van der Waals surface area contributed by atoms with Crippen molar-refractivity contribution in [3.63, 3.8) is 0 Å². The van der Waals surface area contributed by atoms with Crippen LogP contribution in [0.15, 0.2) is 48.5 Å². The fourth-order valence-corrected chi connectivity index (χ4v) is 2.71. The summed E-state index contributed by atoms with van der Waals surface area (Å²) in [5, 5.41) is 2.89. The summed E-state index contributed by atoms with van der Waals surface area (Å²) in [5.41, 5.74) is 9.54. The monoisotopic (exact) mass is 308 g/mol. The molecule has 118 valence electrons. The second-order valence-electron chi connectivity index (χ2n) is 5.50. The van der Waals surface area contributed by atoms with E-state index in [0.29, 0.717) is 6.54 Å². The summed E-state index contributed by atoms with van der Waals surface area (Å²) in [6.07, 6.45) is 1.02. The lowest BCUT2D eigenvalue weighted by Gasteiger charge is -2.05. The fraction of sp³-hybridized carbons (Fsp3) is 0.222. The molecule has 0 unspecified atom stereocenters. The number of aromatic nitrogens is 2. The van der Waals surface area contributed by atoms with Crippen molar-refractivity contribution in [3.05, 3.63) is 59.9 Å². The van der Waals surface area contributed by atoms with Gasteiger partial charge in [0.05, 0.1) is 17.5 Å². The Morgan fingerprint density at radius 3 is 2.70 bits per heavy atom. The third-order valence-electron chi connectivity index (χ3n) is 3.88. The highest BCUT2D eigenvalue weighted by Gasteiger charge is 2.14. The Morgan fingerprint density at radius 2 is 1.96 bits per heavy atom. The van der Waals surface area contributed by atoms with Gasteiger partial charge in [-0.05, 0) is 36.7 Å². The predicted octanol–water partition coefficient (Wildman–Crippen LogP) is 2.26. The molecule has 1 amide bonds. The molecule has 0 aliphatic heterocycles. The third-order valence-corrected chi connectivity index (χ3v) is 3.88. The van der Waals surface area contributed by atoms with Gasteiger partial charge in [0.25, 0.3) is 0 Å². The minimum absolute atomic E-state index is 0.0741. The quantitative estimate of drug-likeness (QED) is 0.759. The lowest BCUT2D eigenvalue weighted by molar-refractivity contribution is -0.115. The average molecular weight is 308 g/mol. The zero-order valence-electron chi connectivity index (χ0n) is 13.1. The highest BCUT2D eigenvalue weighted by atomic mass is 16.1. The maximum absolute atomic E-state index is 12.2. The van der Waals surface area contributed by atoms with Gasteiger partial charge in [0, 0.05) is 12.7 Å². The second-order valence-corrected chi connectivity index (χ2v) is 5.50. The van der Waals surface area contributed by atoms with Crippen molar-refractivity contribution in [3.8, 4) is 0 Å². The van der Waals surface area contributed by atoms with Crippen molar-refractivity contribution in [1.29, 1.82) is 0 Å². The number of benzene rings is 2. The van der Waals surface area contributed by atoms with Crippen LogP contribution in [0.25, 0.3) is 11.0 Å². The molecular weight excluding hydrogens is 288 g/mol. The smallest absolute Gasteiger partial charge is 0.231 e. The summed E-state index contributed by atoms with van der Waals surface area (Å²) >= 11 is 0. The number of nitrogens with zero attached hydrogens (tertiary/aromatic N) is 2. The van der Waals surface area contributed by atoms with E-state index in [1.165, 1.54) is 0 Å². The second kappa shape index (κ2) is 6.62. The van der Waals surface area contributed by atoms with Crippen LogP contribution in [-0.4, -0.2) is 22.0 Å². The first kappa shape index (κ1) is 15.2. The van der Waals surface area contributed by atoms with Crippen LogP contribution in [0.3, 0.4) is 0 Å². The summed E-state index contributed by atoms with van der Waals surface area (Å²) in [6, 6.07) is 15.5. The normalized spacial score (nSPS) is 10.9. The van der Waals surface area contributed by atoms with Gasteiger partial charge in [0.15, 0.2) is 0 Å². The Kier molecular flexibility index (Phi) is 4.39. The summed E-state index contributed by atoms with van der Waals surface area (Å²) in [5.74, 6) is 0.674. The molecule has 1 aromatic heterocycles. The van der Waals surface area contributed by atoms with Crippen molar-refractivity contribution in [2.24, 2.45) is 12.8 Å². The molecule has 0 atom stereocenters. The van der Waals surface area contributed by atoms with Gasteiger partial charge >= 0.3 is 0 Å². The molecule has 0 spiro atoms. The van der Waals surface area contributed by atoms with Crippen molar-refractivity contribution < 1.29 is 4.79 Å². The number of amides is 1. The molecule has 0 saturated carbocycles. The van der Waals surface area contributed by atoms with Crippen molar-refractivity contribution in [1.82, 2.24) is 9.55 Å². The summed E-state index contributed by atoms with van der Waals surface area (Å²) in [6.45, 7) is 0.583. The van der Waals surface area contributed by atoms with Gasteiger partial charge in [0.2, 0.25) is 5.91 Å². The van der Waals surface area contributed by atoms with Gasteiger partial charge in [-0.15, -0.1) is 0 Å². The summed E-state index contributed by atoms with van der Waals surface area (Å²) < 4.78 is 1.97. The molecule has 1 heterocycles. The van der Waals surface area contributed by atoms with Crippen LogP contribution in [0.4, 0.5) is 5.69 Å². The number of carbonyl (C=O) groups excluding carboxylic acids is 1. The number of para-hydroxylation sites is 2. The van der Waals surface area contributed by atoms with E-state index in [1.807, 2.05) is 60.1 Å². The van der Waals surface area contributed by atoms with Crippen LogP contribution in [0.2, 0.25) is 0 Å². The fourth-order valence-electron chi connectivity index (χ4n) is 2.71. The van der Waals surface area contributed by atoms with E-state index >= 15 is 0 Å². The Balaban J connectivity index is 1.84. The van der Waals surface area contributed by atoms with E-state index < -0.39 is 0 Å². The molecule has 2 aromatic carbocycles. The van der Waals surface area contributed by atoms with E-state index in [2.05, 4.69) is 10.3 Å². The molecule has 0 aliphatic carbocycles. The molecule has 0 fully saturated rings. The Bertz CT molecular complexity index is 824. The molecule has 23 heavy (non-hydrogen) atoms. The molecule has 5 nitrogen and oxygen atoms in total. The minimum atomic E-state index is -0.0741. The highest BCUT2D eigenvalue weighted by Crippen LogP contribution is 2.20. The number of nitrogens with two attached hydrogens (primary N) is 1. The van der Waals surface area contributed by atoms with Crippen molar-refractivity contribution >= 4 is 22.6 Å². The number of carbonyl (C=O) groups is 1. The van der Waals surface area contributed by atoms with E-state index in [4.69, 9.17) is 5.73 Å². The molecule has 3 aromatic rings.